The first kappa shape index (κ1) is 11.2. The largest absolute Gasteiger partial charge is 0.370 e. The molecular formula is C11H14N2O2. The maximum absolute atomic E-state index is 11.3. The lowest BCUT2D eigenvalue weighted by Gasteiger charge is -2.04. The molecule has 0 heterocycles. The molecule has 0 atom stereocenters. The van der Waals surface area contributed by atoms with Crippen molar-refractivity contribution in [3.63, 3.8) is 0 Å². The van der Waals surface area contributed by atoms with E-state index in [1.54, 1.807) is 6.07 Å². The second-order valence-electron chi connectivity index (χ2n) is 3.38. The van der Waals surface area contributed by atoms with Crippen LogP contribution in [0.1, 0.15) is 18.4 Å². The number of aryl methyl sites for hydroxylation is 1. The molecule has 80 valence electrons. The van der Waals surface area contributed by atoms with E-state index in [4.69, 9.17) is 5.73 Å². The van der Waals surface area contributed by atoms with Crippen molar-refractivity contribution < 1.29 is 9.59 Å². The topological polar surface area (TPSA) is 72.2 Å². The molecule has 0 saturated carbocycles. The summed E-state index contributed by atoms with van der Waals surface area (Å²) in [5.41, 5.74) is 6.75. The van der Waals surface area contributed by atoms with Crippen molar-refractivity contribution in [1.29, 1.82) is 0 Å². The first-order chi connectivity index (χ1) is 7.08. The smallest absolute Gasteiger partial charge is 0.224 e. The van der Waals surface area contributed by atoms with E-state index < -0.39 is 5.91 Å². The van der Waals surface area contributed by atoms with Crippen LogP contribution in [0.15, 0.2) is 24.3 Å². The highest BCUT2D eigenvalue weighted by Crippen LogP contribution is 2.09. The second-order valence-corrected chi connectivity index (χ2v) is 3.38. The van der Waals surface area contributed by atoms with Gasteiger partial charge in [-0.15, -0.1) is 0 Å². The summed E-state index contributed by atoms with van der Waals surface area (Å²) in [5, 5.41) is 2.69. The molecule has 4 heteroatoms. The zero-order valence-electron chi connectivity index (χ0n) is 8.62. The van der Waals surface area contributed by atoms with Gasteiger partial charge in [-0.2, -0.15) is 0 Å². The Balaban J connectivity index is 2.48. The number of nitrogens with one attached hydrogen (secondary N) is 1. The van der Waals surface area contributed by atoms with Crippen LogP contribution in [0.2, 0.25) is 0 Å². The molecule has 0 aliphatic carbocycles. The average Bonchev–Trinajstić information content (AvgIpc) is 2.15. The summed E-state index contributed by atoms with van der Waals surface area (Å²) in [7, 11) is 0. The normalized spacial score (nSPS) is 9.67. The van der Waals surface area contributed by atoms with Crippen LogP contribution < -0.4 is 11.1 Å². The van der Waals surface area contributed by atoms with Crippen LogP contribution in [0.4, 0.5) is 5.69 Å². The van der Waals surface area contributed by atoms with Gasteiger partial charge in [0.1, 0.15) is 0 Å². The summed E-state index contributed by atoms with van der Waals surface area (Å²) in [4.78, 5) is 21.8. The third kappa shape index (κ3) is 4.26. The number of primary amides is 1. The van der Waals surface area contributed by atoms with Gasteiger partial charge < -0.3 is 11.1 Å². The molecule has 0 unspecified atom stereocenters. The van der Waals surface area contributed by atoms with E-state index in [1.165, 1.54) is 0 Å². The molecule has 4 nitrogen and oxygen atoms in total. The van der Waals surface area contributed by atoms with Gasteiger partial charge in [-0.25, -0.2) is 0 Å². The number of hydrogen-bond donors (Lipinski definition) is 2. The Morgan fingerprint density at radius 3 is 2.67 bits per heavy atom. The molecule has 0 saturated heterocycles. The van der Waals surface area contributed by atoms with E-state index in [-0.39, 0.29) is 18.7 Å². The highest BCUT2D eigenvalue weighted by atomic mass is 16.2. The van der Waals surface area contributed by atoms with Gasteiger partial charge in [-0.3, -0.25) is 9.59 Å². The molecule has 0 radical (unpaired) electrons. The van der Waals surface area contributed by atoms with Crippen molar-refractivity contribution in [3.05, 3.63) is 29.8 Å². The van der Waals surface area contributed by atoms with Gasteiger partial charge in [0.15, 0.2) is 0 Å². The number of carbonyl (C=O) groups excluding carboxylic acids is 2. The summed E-state index contributed by atoms with van der Waals surface area (Å²) in [6, 6.07) is 7.47. The zero-order valence-corrected chi connectivity index (χ0v) is 8.62. The van der Waals surface area contributed by atoms with Crippen LogP contribution in [0.3, 0.4) is 0 Å². The highest BCUT2D eigenvalue weighted by Gasteiger charge is 2.04. The Morgan fingerprint density at radius 1 is 1.33 bits per heavy atom. The first-order valence-corrected chi connectivity index (χ1v) is 4.73. The maximum Gasteiger partial charge on any atom is 0.224 e. The number of rotatable bonds is 4. The maximum atomic E-state index is 11.3. The van der Waals surface area contributed by atoms with E-state index in [2.05, 4.69) is 5.32 Å². The summed E-state index contributed by atoms with van der Waals surface area (Å²) < 4.78 is 0. The monoisotopic (exact) mass is 206 g/mol. The lowest BCUT2D eigenvalue weighted by molar-refractivity contribution is -0.122. The SMILES string of the molecule is Cc1cccc(NC(=O)CCC(N)=O)c1. The number of anilines is 1. The van der Waals surface area contributed by atoms with Crippen molar-refractivity contribution in [2.45, 2.75) is 19.8 Å². The first-order valence-electron chi connectivity index (χ1n) is 4.73. The Kier molecular flexibility index (Phi) is 3.85. The van der Waals surface area contributed by atoms with Crippen LogP contribution in [0.5, 0.6) is 0 Å². The summed E-state index contributed by atoms with van der Waals surface area (Å²) >= 11 is 0. The van der Waals surface area contributed by atoms with Crippen LogP contribution in [0, 0.1) is 6.92 Å². The number of nitrogens with two attached hydrogens (primary N) is 1. The molecule has 1 rings (SSSR count). The fraction of sp³-hybridized carbons (Fsp3) is 0.273. The van der Waals surface area contributed by atoms with Crippen molar-refractivity contribution >= 4 is 17.5 Å². The van der Waals surface area contributed by atoms with Crippen molar-refractivity contribution in [2.24, 2.45) is 5.73 Å². The van der Waals surface area contributed by atoms with E-state index in [1.807, 2.05) is 25.1 Å². The van der Waals surface area contributed by atoms with Gasteiger partial charge in [-0.1, -0.05) is 12.1 Å². The molecule has 0 aliphatic rings. The summed E-state index contributed by atoms with van der Waals surface area (Å²) in [6.07, 6.45) is 0.209. The minimum atomic E-state index is -0.464. The fourth-order valence-electron chi connectivity index (χ4n) is 1.18. The zero-order chi connectivity index (χ0) is 11.3. The summed E-state index contributed by atoms with van der Waals surface area (Å²) in [5.74, 6) is -0.659. The fourth-order valence-corrected chi connectivity index (χ4v) is 1.18. The Hall–Kier alpha value is -1.84. The third-order valence-corrected chi connectivity index (χ3v) is 1.90. The molecule has 3 N–H and O–H groups in total. The number of carbonyl (C=O) groups is 2. The van der Waals surface area contributed by atoms with E-state index in [9.17, 15) is 9.59 Å². The molecule has 15 heavy (non-hydrogen) atoms. The second kappa shape index (κ2) is 5.14. The Bertz CT molecular complexity index is 375. The van der Waals surface area contributed by atoms with Gasteiger partial charge in [0.25, 0.3) is 0 Å². The molecule has 0 aliphatic heterocycles. The molecule has 0 spiro atoms. The van der Waals surface area contributed by atoms with Gasteiger partial charge in [0.2, 0.25) is 11.8 Å². The molecule has 0 bridgehead atoms. The van der Waals surface area contributed by atoms with E-state index in [0.29, 0.717) is 0 Å². The lowest BCUT2D eigenvalue weighted by Crippen LogP contribution is -2.17. The molecule has 1 aromatic carbocycles. The van der Waals surface area contributed by atoms with Gasteiger partial charge in [0.05, 0.1) is 0 Å². The lowest BCUT2D eigenvalue weighted by atomic mass is 10.2. The predicted octanol–water partition coefficient (Wildman–Crippen LogP) is 1.20. The van der Waals surface area contributed by atoms with Crippen LogP contribution in [-0.2, 0) is 9.59 Å². The number of amides is 2. The average molecular weight is 206 g/mol. The number of benzene rings is 1. The standard InChI is InChI=1S/C11H14N2O2/c1-8-3-2-4-9(7-8)13-11(15)6-5-10(12)14/h2-4,7H,5-6H2,1H3,(H2,12,14)(H,13,15). The van der Waals surface area contributed by atoms with E-state index in [0.717, 1.165) is 11.3 Å². The van der Waals surface area contributed by atoms with Gasteiger partial charge in [0, 0.05) is 18.5 Å². The van der Waals surface area contributed by atoms with Crippen LogP contribution in [-0.4, -0.2) is 11.8 Å². The van der Waals surface area contributed by atoms with Crippen LogP contribution >= 0.6 is 0 Å². The minimum absolute atomic E-state index is 0.0810. The Morgan fingerprint density at radius 2 is 2.07 bits per heavy atom. The van der Waals surface area contributed by atoms with Crippen molar-refractivity contribution in [2.75, 3.05) is 5.32 Å². The van der Waals surface area contributed by atoms with Gasteiger partial charge in [-0.05, 0) is 24.6 Å². The predicted molar refractivity (Wildman–Crippen MR) is 58.2 cm³/mol. The quantitative estimate of drug-likeness (QED) is 0.776. The molecule has 2 amide bonds. The molecule has 1 aromatic rings. The highest BCUT2D eigenvalue weighted by molar-refractivity contribution is 5.93. The van der Waals surface area contributed by atoms with Crippen molar-refractivity contribution in [3.8, 4) is 0 Å². The van der Waals surface area contributed by atoms with Crippen LogP contribution in [0.25, 0.3) is 0 Å². The van der Waals surface area contributed by atoms with Crippen molar-refractivity contribution in [1.82, 2.24) is 0 Å². The van der Waals surface area contributed by atoms with Gasteiger partial charge >= 0.3 is 0 Å². The molecule has 0 fully saturated rings. The molecular weight excluding hydrogens is 192 g/mol. The Labute approximate surface area is 88.5 Å². The minimum Gasteiger partial charge on any atom is -0.370 e. The third-order valence-electron chi connectivity index (χ3n) is 1.90. The van der Waals surface area contributed by atoms with E-state index >= 15 is 0 Å². The summed E-state index contributed by atoms with van der Waals surface area (Å²) in [6.45, 7) is 1.94. The number of hydrogen-bond acceptors (Lipinski definition) is 2. The molecule has 0 aromatic heterocycles.